The molecule has 1 heterocycles. The molecule has 0 aliphatic rings. The number of rotatable bonds is 7. The minimum absolute atomic E-state index is 0.150. The summed E-state index contributed by atoms with van der Waals surface area (Å²) in [4.78, 5) is 28.1. The Morgan fingerprint density at radius 2 is 1.90 bits per heavy atom. The molecule has 29 heavy (non-hydrogen) atoms. The number of halogens is 1. The van der Waals surface area contributed by atoms with E-state index in [4.69, 9.17) is 14.0 Å². The van der Waals surface area contributed by atoms with Crippen LogP contribution in [0.15, 0.2) is 51.5 Å². The van der Waals surface area contributed by atoms with E-state index in [0.717, 1.165) is 10.0 Å². The maximum atomic E-state index is 12.1. The van der Waals surface area contributed by atoms with E-state index in [9.17, 15) is 9.59 Å². The van der Waals surface area contributed by atoms with Crippen molar-refractivity contribution < 1.29 is 23.6 Å². The molecule has 3 aromatic rings. The maximum Gasteiger partial charge on any atom is 0.338 e. The number of nitrogens with one attached hydrogen (secondary N) is 1. The van der Waals surface area contributed by atoms with Gasteiger partial charge in [0.15, 0.2) is 13.2 Å². The standard InChI is InChI=1S/C20H18BrN3O5/c1-12-9-15(5-8-17(12)21)23-19(25)11-28-20(26)14-3-6-16(7-4-14)27-10-18-22-13(2)29-24-18/h3-9H,10-11H2,1-2H3,(H,23,25). The molecule has 3 rings (SSSR count). The Labute approximate surface area is 175 Å². The maximum absolute atomic E-state index is 12.1. The van der Waals surface area contributed by atoms with Crippen LogP contribution in [0.25, 0.3) is 0 Å². The third-order valence-electron chi connectivity index (χ3n) is 3.80. The lowest BCUT2D eigenvalue weighted by atomic mass is 10.2. The lowest BCUT2D eigenvalue weighted by Crippen LogP contribution is -2.21. The smallest absolute Gasteiger partial charge is 0.338 e. The molecule has 150 valence electrons. The van der Waals surface area contributed by atoms with Gasteiger partial charge in [0.2, 0.25) is 11.7 Å². The summed E-state index contributed by atoms with van der Waals surface area (Å²) < 4.78 is 16.4. The molecule has 9 heteroatoms. The first-order valence-electron chi connectivity index (χ1n) is 8.66. The number of benzene rings is 2. The van der Waals surface area contributed by atoms with Crippen molar-refractivity contribution in [1.29, 1.82) is 0 Å². The highest BCUT2D eigenvalue weighted by atomic mass is 79.9. The molecule has 8 nitrogen and oxygen atoms in total. The number of ether oxygens (including phenoxy) is 2. The van der Waals surface area contributed by atoms with Crippen LogP contribution < -0.4 is 10.1 Å². The van der Waals surface area contributed by atoms with E-state index in [1.54, 1.807) is 37.3 Å². The first-order valence-corrected chi connectivity index (χ1v) is 9.45. The summed E-state index contributed by atoms with van der Waals surface area (Å²) in [6.07, 6.45) is 0. The van der Waals surface area contributed by atoms with Gasteiger partial charge in [0, 0.05) is 17.1 Å². The van der Waals surface area contributed by atoms with Crippen molar-refractivity contribution in [3.8, 4) is 5.75 Å². The predicted molar refractivity (Wildman–Crippen MR) is 108 cm³/mol. The Morgan fingerprint density at radius 3 is 2.55 bits per heavy atom. The molecule has 0 atom stereocenters. The molecular formula is C20H18BrN3O5. The molecule has 2 aromatic carbocycles. The number of carbonyl (C=O) groups excluding carboxylic acids is 2. The zero-order valence-corrected chi connectivity index (χ0v) is 17.4. The van der Waals surface area contributed by atoms with Gasteiger partial charge in [0.05, 0.1) is 5.56 Å². The van der Waals surface area contributed by atoms with Gasteiger partial charge < -0.3 is 19.3 Å². The molecule has 0 unspecified atom stereocenters. The highest BCUT2D eigenvalue weighted by molar-refractivity contribution is 9.10. The van der Waals surface area contributed by atoms with Crippen molar-refractivity contribution >= 4 is 33.5 Å². The molecule has 1 aromatic heterocycles. The van der Waals surface area contributed by atoms with Crippen LogP contribution in [0.5, 0.6) is 5.75 Å². The van der Waals surface area contributed by atoms with Crippen molar-refractivity contribution in [1.82, 2.24) is 10.1 Å². The Kier molecular flexibility index (Phi) is 6.61. The summed E-state index contributed by atoms with van der Waals surface area (Å²) in [5.41, 5.74) is 1.92. The number of carbonyl (C=O) groups is 2. The Hall–Kier alpha value is -3.20. The van der Waals surface area contributed by atoms with Gasteiger partial charge in [-0.1, -0.05) is 21.1 Å². The number of amides is 1. The van der Waals surface area contributed by atoms with Crippen molar-refractivity contribution in [3.63, 3.8) is 0 Å². The molecule has 0 radical (unpaired) electrons. The second kappa shape index (κ2) is 9.33. The first-order chi connectivity index (χ1) is 13.9. The van der Waals surface area contributed by atoms with E-state index < -0.39 is 11.9 Å². The lowest BCUT2D eigenvalue weighted by Gasteiger charge is -2.08. The third kappa shape index (κ3) is 5.89. The Balaban J connectivity index is 1.47. The fourth-order valence-electron chi connectivity index (χ4n) is 2.37. The van der Waals surface area contributed by atoms with Gasteiger partial charge in [-0.25, -0.2) is 4.79 Å². The number of nitrogens with zero attached hydrogens (tertiary/aromatic N) is 2. The molecule has 1 amide bonds. The topological polar surface area (TPSA) is 104 Å². The zero-order chi connectivity index (χ0) is 20.8. The van der Waals surface area contributed by atoms with Gasteiger partial charge in [0.1, 0.15) is 5.75 Å². The van der Waals surface area contributed by atoms with Crippen molar-refractivity contribution in [2.75, 3.05) is 11.9 Å². The van der Waals surface area contributed by atoms with E-state index in [1.165, 1.54) is 0 Å². The van der Waals surface area contributed by atoms with Crippen LogP contribution in [0.2, 0.25) is 0 Å². The molecule has 0 bridgehead atoms. The molecule has 1 N–H and O–H groups in total. The Bertz CT molecular complexity index is 1020. The Morgan fingerprint density at radius 1 is 1.14 bits per heavy atom. The average Bonchev–Trinajstić information content (AvgIpc) is 3.13. The van der Waals surface area contributed by atoms with E-state index in [2.05, 4.69) is 31.4 Å². The summed E-state index contributed by atoms with van der Waals surface area (Å²) in [5.74, 6) is 0.397. The normalized spacial score (nSPS) is 10.4. The minimum Gasteiger partial charge on any atom is -0.485 e. The van der Waals surface area contributed by atoms with Crippen molar-refractivity contribution in [3.05, 3.63) is 69.8 Å². The quantitative estimate of drug-likeness (QED) is 0.535. The van der Waals surface area contributed by atoms with Crippen LogP contribution >= 0.6 is 15.9 Å². The van der Waals surface area contributed by atoms with Gasteiger partial charge >= 0.3 is 5.97 Å². The summed E-state index contributed by atoms with van der Waals surface area (Å²) in [7, 11) is 0. The van der Waals surface area contributed by atoms with E-state index in [1.807, 2.05) is 19.1 Å². The van der Waals surface area contributed by atoms with E-state index in [-0.39, 0.29) is 13.2 Å². The zero-order valence-electron chi connectivity index (χ0n) is 15.8. The fraction of sp³-hybridized carbons (Fsp3) is 0.200. The highest BCUT2D eigenvalue weighted by Crippen LogP contribution is 2.20. The molecular weight excluding hydrogens is 442 g/mol. The number of aryl methyl sites for hydroxylation is 2. The van der Waals surface area contributed by atoms with Crippen molar-refractivity contribution in [2.24, 2.45) is 0 Å². The van der Waals surface area contributed by atoms with E-state index in [0.29, 0.717) is 28.7 Å². The van der Waals surface area contributed by atoms with Crippen LogP contribution in [0.4, 0.5) is 5.69 Å². The monoisotopic (exact) mass is 459 g/mol. The van der Waals surface area contributed by atoms with E-state index >= 15 is 0 Å². The first kappa shape index (κ1) is 20.5. The van der Waals surface area contributed by atoms with Crippen LogP contribution in [0.3, 0.4) is 0 Å². The predicted octanol–water partition coefficient (Wildman–Crippen LogP) is 3.82. The van der Waals surface area contributed by atoms with Gasteiger partial charge in [-0.15, -0.1) is 0 Å². The molecule has 0 aliphatic heterocycles. The molecule has 0 saturated carbocycles. The fourth-order valence-corrected chi connectivity index (χ4v) is 2.62. The number of hydrogen-bond donors (Lipinski definition) is 1. The summed E-state index contributed by atoms with van der Waals surface area (Å²) in [5, 5.41) is 6.41. The number of hydrogen-bond acceptors (Lipinski definition) is 7. The van der Waals surface area contributed by atoms with Crippen molar-refractivity contribution in [2.45, 2.75) is 20.5 Å². The average molecular weight is 460 g/mol. The van der Waals surface area contributed by atoms with Crippen LogP contribution in [-0.2, 0) is 16.1 Å². The van der Waals surface area contributed by atoms with Crippen LogP contribution in [-0.4, -0.2) is 28.6 Å². The second-order valence-corrected chi connectivity index (χ2v) is 6.99. The second-order valence-electron chi connectivity index (χ2n) is 6.13. The summed E-state index contributed by atoms with van der Waals surface area (Å²) in [6.45, 7) is 3.37. The number of aromatic nitrogens is 2. The highest BCUT2D eigenvalue weighted by Gasteiger charge is 2.11. The molecule has 0 fully saturated rings. The third-order valence-corrected chi connectivity index (χ3v) is 4.69. The molecule has 0 saturated heterocycles. The van der Waals surface area contributed by atoms with Gasteiger partial charge in [-0.05, 0) is 55.0 Å². The van der Waals surface area contributed by atoms with Gasteiger partial charge in [-0.2, -0.15) is 4.98 Å². The van der Waals surface area contributed by atoms with Gasteiger partial charge in [0.25, 0.3) is 5.91 Å². The van der Waals surface area contributed by atoms with Gasteiger partial charge in [-0.3, -0.25) is 4.79 Å². The largest absolute Gasteiger partial charge is 0.485 e. The molecule has 0 aliphatic carbocycles. The summed E-state index contributed by atoms with van der Waals surface area (Å²) >= 11 is 3.40. The van der Waals surface area contributed by atoms with Crippen LogP contribution in [0, 0.1) is 13.8 Å². The minimum atomic E-state index is -0.604. The number of anilines is 1. The lowest BCUT2D eigenvalue weighted by molar-refractivity contribution is -0.119. The number of esters is 1. The molecule has 0 spiro atoms. The SMILES string of the molecule is Cc1nc(COc2ccc(C(=O)OCC(=O)Nc3ccc(Br)c(C)c3)cc2)no1. The summed E-state index contributed by atoms with van der Waals surface area (Å²) in [6, 6.07) is 11.7. The van der Waals surface area contributed by atoms with Crippen LogP contribution in [0.1, 0.15) is 27.6 Å².